The lowest BCUT2D eigenvalue weighted by molar-refractivity contribution is 0.768. The van der Waals surface area contributed by atoms with Gasteiger partial charge in [-0.15, -0.1) is 22.7 Å². The molecule has 2 aromatic heterocycles. The van der Waals surface area contributed by atoms with Crippen LogP contribution in [0.3, 0.4) is 0 Å². The van der Waals surface area contributed by atoms with Gasteiger partial charge in [-0.05, 0) is 131 Å². The van der Waals surface area contributed by atoms with Crippen molar-refractivity contribution in [1.82, 2.24) is 0 Å². The molecule has 300 valence electrons. The van der Waals surface area contributed by atoms with E-state index in [1.807, 2.05) is 22.7 Å². The first-order chi connectivity index (χ1) is 31.1. The Balaban J connectivity index is 0.938. The van der Waals surface area contributed by atoms with Gasteiger partial charge in [-0.25, -0.2) is 0 Å². The highest BCUT2D eigenvalue weighted by atomic mass is 32.1. The fraction of sp³-hybridized carbons (Fsp3) is 0.0508. The number of nitrogens with zero attached hydrogens (tertiary/aromatic N) is 2. The van der Waals surface area contributed by atoms with E-state index in [0.717, 1.165) is 40.5 Å². The van der Waals surface area contributed by atoms with Gasteiger partial charge in [-0.1, -0.05) is 140 Å². The molecule has 1 unspecified atom stereocenters. The molecule has 0 bridgehead atoms. The van der Waals surface area contributed by atoms with Crippen LogP contribution in [0.25, 0.3) is 57.0 Å². The van der Waals surface area contributed by atoms with Crippen molar-refractivity contribution < 1.29 is 0 Å². The van der Waals surface area contributed by atoms with E-state index in [1.165, 1.54) is 73.7 Å². The summed E-state index contributed by atoms with van der Waals surface area (Å²) in [5.74, 6) is 0.534. The molecule has 11 aromatic rings. The molecule has 2 heterocycles. The Morgan fingerprint density at radius 2 is 0.841 bits per heavy atom. The molecule has 0 saturated heterocycles. The van der Waals surface area contributed by atoms with Gasteiger partial charge in [0.1, 0.15) is 0 Å². The molecule has 0 spiro atoms. The van der Waals surface area contributed by atoms with Gasteiger partial charge in [0.05, 0.1) is 0 Å². The van der Waals surface area contributed by atoms with Crippen LogP contribution in [0.4, 0.5) is 34.1 Å². The van der Waals surface area contributed by atoms with Crippen LogP contribution in [0.15, 0.2) is 218 Å². The molecule has 12 rings (SSSR count). The zero-order valence-electron chi connectivity index (χ0n) is 34.8. The molecule has 1 aliphatic carbocycles. The summed E-state index contributed by atoms with van der Waals surface area (Å²) in [6, 6.07) is 78.1. The maximum absolute atomic E-state index is 2.42. The first kappa shape index (κ1) is 37.5. The van der Waals surface area contributed by atoms with E-state index in [9.17, 15) is 0 Å². The van der Waals surface area contributed by atoms with Crippen molar-refractivity contribution in [3.05, 3.63) is 235 Å². The monoisotopic (exact) mass is 842 g/mol. The van der Waals surface area contributed by atoms with Gasteiger partial charge in [0.2, 0.25) is 0 Å². The average molecular weight is 843 g/mol. The van der Waals surface area contributed by atoms with E-state index >= 15 is 0 Å². The summed E-state index contributed by atoms with van der Waals surface area (Å²) in [5, 5.41) is 5.15. The predicted molar refractivity (Wildman–Crippen MR) is 274 cm³/mol. The Kier molecular flexibility index (Phi) is 9.28. The molecule has 1 aliphatic rings. The topological polar surface area (TPSA) is 6.48 Å². The molecule has 4 heteroatoms. The van der Waals surface area contributed by atoms with Gasteiger partial charge in [0, 0.05) is 74.5 Å². The van der Waals surface area contributed by atoms with Gasteiger partial charge in [-0.3, -0.25) is 0 Å². The van der Waals surface area contributed by atoms with Gasteiger partial charge >= 0.3 is 0 Å². The van der Waals surface area contributed by atoms with Crippen molar-refractivity contribution in [3.8, 4) is 11.1 Å². The summed E-state index contributed by atoms with van der Waals surface area (Å²) in [6.07, 6.45) is 3.48. The second-order valence-corrected chi connectivity index (χ2v) is 18.7. The predicted octanol–water partition coefficient (Wildman–Crippen LogP) is 18.0. The Morgan fingerprint density at radius 1 is 0.365 bits per heavy atom. The fourth-order valence-electron chi connectivity index (χ4n) is 9.56. The van der Waals surface area contributed by atoms with Crippen LogP contribution in [0, 0.1) is 0 Å². The van der Waals surface area contributed by atoms with E-state index in [1.54, 1.807) is 0 Å². The van der Waals surface area contributed by atoms with Crippen LogP contribution in [-0.4, -0.2) is 0 Å². The quantitative estimate of drug-likeness (QED) is 0.150. The summed E-state index contributed by atoms with van der Waals surface area (Å²) in [6.45, 7) is 2.33. The summed E-state index contributed by atoms with van der Waals surface area (Å²) in [7, 11) is 0. The molecule has 0 amide bonds. The molecule has 0 saturated carbocycles. The van der Waals surface area contributed by atoms with Crippen LogP contribution < -0.4 is 9.80 Å². The third-order valence-electron chi connectivity index (χ3n) is 12.7. The van der Waals surface area contributed by atoms with Gasteiger partial charge in [0.25, 0.3) is 0 Å². The Hall–Kier alpha value is -7.24. The van der Waals surface area contributed by atoms with E-state index in [0.29, 0.717) is 5.92 Å². The molecule has 1 atom stereocenters. The van der Waals surface area contributed by atoms with Crippen LogP contribution >= 0.6 is 22.7 Å². The maximum atomic E-state index is 2.42. The first-order valence-electron chi connectivity index (χ1n) is 21.7. The third-order valence-corrected chi connectivity index (χ3v) is 15.0. The molecule has 0 radical (unpaired) electrons. The number of benzene rings is 9. The Labute approximate surface area is 375 Å². The number of allylic oxidation sites excluding steroid dienone is 1. The zero-order chi connectivity index (χ0) is 41.9. The van der Waals surface area contributed by atoms with Gasteiger partial charge < -0.3 is 9.80 Å². The lowest BCUT2D eigenvalue weighted by Gasteiger charge is -2.27. The molecule has 2 nitrogen and oxygen atoms in total. The minimum Gasteiger partial charge on any atom is -0.310 e. The van der Waals surface area contributed by atoms with Crippen molar-refractivity contribution in [2.45, 2.75) is 19.3 Å². The minimum absolute atomic E-state index is 0.534. The molecule has 63 heavy (non-hydrogen) atoms. The normalized spacial score (nSPS) is 13.7. The highest BCUT2D eigenvalue weighted by Crippen LogP contribution is 2.46. The van der Waals surface area contributed by atoms with Crippen LogP contribution in [0.2, 0.25) is 0 Å². The largest absolute Gasteiger partial charge is 0.310 e. The Bertz CT molecular complexity index is 3490. The SMILES string of the molecule is CC1CC=C(c2ccc(N(c3ccccc3)c3ccc4sc5cc(N(c6ccc(-c7ccccc7)cc6)c6ccc7c(c6)sc6ccccc67)ccc5c4c3)cc2)c2ccccc21. The maximum Gasteiger partial charge on any atom is 0.0476 e. The lowest BCUT2D eigenvalue weighted by Crippen LogP contribution is -2.10. The average Bonchev–Trinajstić information content (AvgIpc) is 3.90. The van der Waals surface area contributed by atoms with Crippen LogP contribution in [0.5, 0.6) is 0 Å². The number of rotatable bonds is 8. The minimum atomic E-state index is 0.534. The number of anilines is 6. The number of para-hydroxylation sites is 1. The summed E-state index contributed by atoms with van der Waals surface area (Å²) in [5.41, 5.74) is 14.6. The number of thiophene rings is 2. The van der Waals surface area contributed by atoms with Crippen molar-refractivity contribution in [2.75, 3.05) is 9.80 Å². The lowest BCUT2D eigenvalue weighted by atomic mass is 9.81. The van der Waals surface area contributed by atoms with Crippen molar-refractivity contribution in [1.29, 1.82) is 0 Å². The number of hydrogen-bond donors (Lipinski definition) is 0. The van der Waals surface area contributed by atoms with Crippen molar-refractivity contribution in [3.63, 3.8) is 0 Å². The summed E-state index contributed by atoms with van der Waals surface area (Å²) in [4.78, 5) is 4.80. The van der Waals surface area contributed by atoms with Crippen LogP contribution in [0.1, 0.15) is 36.0 Å². The highest BCUT2D eigenvalue weighted by Gasteiger charge is 2.21. The number of hydrogen-bond acceptors (Lipinski definition) is 4. The molecule has 9 aromatic carbocycles. The Morgan fingerprint density at radius 3 is 1.56 bits per heavy atom. The smallest absolute Gasteiger partial charge is 0.0476 e. The third kappa shape index (κ3) is 6.71. The standard InChI is InChI=1S/C59H42N2S2/c1-39-20-32-50(51-17-9-8-16-49(39)51)42-23-27-44(28-24-42)60(43-14-6-3-7-15-43)46-31-35-57-55(36-46)54-34-30-48(38-59(54)63-57)61(45-25-21-41(22-26-45)40-12-4-2-5-13-40)47-29-33-53-52-18-10-11-19-56(52)62-58(53)37-47/h2-19,21-39H,20H2,1H3. The molecule has 0 N–H and O–H groups in total. The van der Waals surface area contributed by atoms with E-state index in [4.69, 9.17) is 0 Å². The van der Waals surface area contributed by atoms with Crippen molar-refractivity contribution in [2.24, 2.45) is 0 Å². The van der Waals surface area contributed by atoms with E-state index < -0.39 is 0 Å². The van der Waals surface area contributed by atoms with Crippen LogP contribution in [-0.2, 0) is 0 Å². The summed E-state index contributed by atoms with van der Waals surface area (Å²) >= 11 is 3.73. The zero-order valence-corrected chi connectivity index (χ0v) is 36.4. The molecular weight excluding hydrogens is 801 g/mol. The second-order valence-electron chi connectivity index (χ2n) is 16.5. The molecular formula is C59H42N2S2. The number of fused-ring (bicyclic) bond motifs is 7. The van der Waals surface area contributed by atoms with E-state index in [-0.39, 0.29) is 0 Å². The van der Waals surface area contributed by atoms with Crippen molar-refractivity contribution >= 4 is 103 Å². The second kappa shape index (κ2) is 15.6. The highest BCUT2D eigenvalue weighted by molar-refractivity contribution is 7.26. The summed E-state index contributed by atoms with van der Waals surface area (Å²) < 4.78 is 5.14. The fourth-order valence-corrected chi connectivity index (χ4v) is 11.8. The van der Waals surface area contributed by atoms with E-state index in [2.05, 4.69) is 235 Å². The van der Waals surface area contributed by atoms with Gasteiger partial charge in [-0.2, -0.15) is 0 Å². The van der Waals surface area contributed by atoms with Gasteiger partial charge in [0.15, 0.2) is 0 Å². The first-order valence-corrected chi connectivity index (χ1v) is 23.3. The molecule has 0 aliphatic heterocycles. The molecule has 0 fully saturated rings.